The Labute approximate surface area is 166 Å². The lowest BCUT2D eigenvalue weighted by Crippen LogP contribution is -3.15. The van der Waals surface area contributed by atoms with Gasteiger partial charge in [-0.15, -0.1) is 0 Å². The zero-order valence-electron chi connectivity index (χ0n) is 16.2. The lowest BCUT2D eigenvalue weighted by Gasteiger charge is -2.33. The van der Waals surface area contributed by atoms with Crippen LogP contribution in [0.4, 0.5) is 0 Å². The summed E-state index contributed by atoms with van der Waals surface area (Å²) in [4.78, 5) is 6.41. The summed E-state index contributed by atoms with van der Waals surface area (Å²) in [5, 5.41) is 12.5. The van der Waals surface area contributed by atoms with Gasteiger partial charge in [-0.1, -0.05) is 60.7 Å². The Bertz CT molecular complexity index is 949. The first-order valence-electron chi connectivity index (χ1n) is 9.95. The van der Waals surface area contributed by atoms with E-state index in [0.29, 0.717) is 0 Å². The normalized spacial score (nSPS) is 17.8. The molecule has 4 heteroatoms. The molecule has 0 aliphatic carbocycles. The molecule has 1 aliphatic heterocycles. The third-order valence-corrected chi connectivity index (χ3v) is 5.60. The van der Waals surface area contributed by atoms with Gasteiger partial charge in [0.2, 0.25) is 0 Å². The Morgan fingerprint density at radius 1 is 0.964 bits per heavy atom. The van der Waals surface area contributed by atoms with Crippen LogP contribution in [-0.4, -0.2) is 43.7 Å². The number of morpholine rings is 1. The molecule has 3 aromatic carbocycles. The van der Waals surface area contributed by atoms with Crippen molar-refractivity contribution in [1.29, 1.82) is 0 Å². The minimum Gasteiger partial charge on any atom is -0.507 e. The predicted octanol–water partition coefficient (Wildman–Crippen LogP) is 3.01. The van der Waals surface area contributed by atoms with E-state index in [1.54, 1.807) is 6.07 Å². The van der Waals surface area contributed by atoms with Crippen LogP contribution in [0.5, 0.6) is 5.75 Å². The maximum absolute atomic E-state index is 10.4. The third-order valence-electron chi connectivity index (χ3n) is 5.60. The van der Waals surface area contributed by atoms with Gasteiger partial charge in [-0.3, -0.25) is 4.99 Å². The molecule has 144 valence electrons. The van der Waals surface area contributed by atoms with Gasteiger partial charge in [0.05, 0.1) is 13.2 Å². The third kappa shape index (κ3) is 3.93. The lowest BCUT2D eigenvalue weighted by atomic mass is 9.98. The molecule has 2 N–H and O–H groups in total. The number of hydrogen-bond donors (Lipinski definition) is 2. The van der Waals surface area contributed by atoms with Crippen LogP contribution in [0, 0.1) is 0 Å². The lowest BCUT2D eigenvalue weighted by molar-refractivity contribution is -0.940. The molecule has 0 unspecified atom stereocenters. The Morgan fingerprint density at radius 2 is 1.68 bits per heavy atom. The number of benzene rings is 3. The number of phenols is 1. The smallest absolute Gasteiger partial charge is 0.136 e. The summed E-state index contributed by atoms with van der Waals surface area (Å²) < 4.78 is 5.57. The van der Waals surface area contributed by atoms with Crippen molar-refractivity contribution in [2.24, 2.45) is 4.99 Å². The van der Waals surface area contributed by atoms with E-state index in [1.165, 1.54) is 10.5 Å². The molecule has 1 fully saturated rings. The second-order valence-corrected chi connectivity index (χ2v) is 7.40. The Balaban J connectivity index is 1.66. The fourth-order valence-corrected chi connectivity index (χ4v) is 4.16. The predicted molar refractivity (Wildman–Crippen MR) is 113 cm³/mol. The number of fused-ring (bicyclic) bond motifs is 1. The van der Waals surface area contributed by atoms with Crippen LogP contribution >= 0.6 is 0 Å². The van der Waals surface area contributed by atoms with Gasteiger partial charge in [-0.25, -0.2) is 0 Å². The molecule has 0 aromatic heterocycles. The molecule has 0 saturated carbocycles. The molecule has 4 rings (SSSR count). The van der Waals surface area contributed by atoms with E-state index >= 15 is 0 Å². The molecule has 3 aromatic rings. The molecule has 4 nitrogen and oxygen atoms in total. The van der Waals surface area contributed by atoms with Gasteiger partial charge in [0.15, 0.2) is 0 Å². The zero-order valence-corrected chi connectivity index (χ0v) is 16.2. The van der Waals surface area contributed by atoms with Crippen LogP contribution in [0.25, 0.3) is 10.8 Å². The molecule has 1 aliphatic rings. The number of aromatic hydroxyl groups is 1. The van der Waals surface area contributed by atoms with Crippen LogP contribution < -0.4 is 4.90 Å². The summed E-state index contributed by atoms with van der Waals surface area (Å²) in [5.74, 6) is 0.268. The topological polar surface area (TPSA) is 46.3 Å². The average Bonchev–Trinajstić information content (AvgIpc) is 2.75. The van der Waals surface area contributed by atoms with Crippen LogP contribution in [0.2, 0.25) is 0 Å². The molecule has 0 radical (unpaired) electrons. The number of ether oxygens (including phenoxy) is 1. The summed E-state index contributed by atoms with van der Waals surface area (Å²) >= 11 is 0. The number of quaternary nitrogens is 1. The molecule has 28 heavy (non-hydrogen) atoms. The summed E-state index contributed by atoms with van der Waals surface area (Å²) in [7, 11) is 0. The van der Waals surface area contributed by atoms with E-state index in [1.807, 2.05) is 30.5 Å². The molecule has 0 bridgehead atoms. The van der Waals surface area contributed by atoms with E-state index in [-0.39, 0.29) is 17.8 Å². The molecule has 0 amide bonds. The van der Waals surface area contributed by atoms with E-state index in [9.17, 15) is 5.11 Å². The van der Waals surface area contributed by atoms with Crippen molar-refractivity contribution in [2.75, 3.05) is 26.3 Å². The SMILES string of the molecule is C[C@H](N=Cc1c(O)ccc2ccccc12)[C@H](c1ccccc1)[NH+]1CCOCC1. The van der Waals surface area contributed by atoms with Crippen molar-refractivity contribution in [2.45, 2.75) is 19.0 Å². The first-order chi connectivity index (χ1) is 13.7. The van der Waals surface area contributed by atoms with Crippen LogP contribution in [0.1, 0.15) is 24.1 Å². The maximum Gasteiger partial charge on any atom is 0.136 e. The van der Waals surface area contributed by atoms with Crippen LogP contribution in [-0.2, 0) is 4.74 Å². The van der Waals surface area contributed by atoms with E-state index in [0.717, 1.165) is 42.6 Å². The summed E-state index contributed by atoms with van der Waals surface area (Å²) in [6.45, 7) is 5.72. The molecular formula is C24H27N2O2+. The van der Waals surface area contributed by atoms with Crippen molar-refractivity contribution < 1.29 is 14.7 Å². The summed E-state index contributed by atoms with van der Waals surface area (Å²) in [5.41, 5.74) is 2.08. The standard InChI is InChI=1S/C24H26N2O2/c1-18(24(20-8-3-2-4-9-20)26-13-15-28-16-14-26)25-17-22-21-10-6-5-7-19(21)11-12-23(22)27/h2-12,17-18,24,27H,13-16H2,1H3/p+1/t18-,24+/m0/s1. The second-order valence-electron chi connectivity index (χ2n) is 7.40. The number of aliphatic imine (C=N–C) groups is 1. The number of nitrogens with zero attached hydrogens (tertiary/aromatic N) is 1. The van der Waals surface area contributed by atoms with E-state index in [4.69, 9.17) is 9.73 Å². The average molecular weight is 375 g/mol. The van der Waals surface area contributed by atoms with Gasteiger partial charge in [-0.05, 0) is 23.8 Å². The Morgan fingerprint density at radius 3 is 2.46 bits per heavy atom. The number of hydrogen-bond acceptors (Lipinski definition) is 3. The molecule has 2 atom stereocenters. The molecular weight excluding hydrogens is 348 g/mol. The largest absolute Gasteiger partial charge is 0.507 e. The van der Waals surface area contributed by atoms with Gasteiger partial charge < -0.3 is 14.7 Å². The van der Waals surface area contributed by atoms with E-state index in [2.05, 4.69) is 43.3 Å². The fourth-order valence-electron chi connectivity index (χ4n) is 4.16. The number of rotatable bonds is 5. The molecule has 1 heterocycles. The van der Waals surface area contributed by atoms with Gasteiger partial charge in [0.25, 0.3) is 0 Å². The maximum atomic E-state index is 10.4. The highest BCUT2D eigenvalue weighted by Crippen LogP contribution is 2.26. The zero-order chi connectivity index (χ0) is 19.3. The fraction of sp³-hybridized carbons (Fsp3) is 0.292. The summed E-state index contributed by atoms with van der Waals surface area (Å²) in [6.07, 6.45) is 1.85. The van der Waals surface area contributed by atoms with Crippen LogP contribution in [0.3, 0.4) is 0 Å². The molecule has 1 saturated heterocycles. The van der Waals surface area contributed by atoms with Crippen molar-refractivity contribution in [3.05, 3.63) is 77.9 Å². The summed E-state index contributed by atoms with van der Waals surface area (Å²) in [6, 6.07) is 22.7. The van der Waals surface area contributed by atoms with Gasteiger partial charge in [0.1, 0.15) is 30.9 Å². The first-order valence-corrected chi connectivity index (χ1v) is 9.95. The van der Waals surface area contributed by atoms with Crippen LogP contribution in [0.15, 0.2) is 71.7 Å². The second kappa shape index (κ2) is 8.55. The van der Waals surface area contributed by atoms with Crippen molar-refractivity contribution >= 4 is 17.0 Å². The number of nitrogens with one attached hydrogen (secondary N) is 1. The first kappa shape index (κ1) is 18.7. The Hall–Kier alpha value is -2.69. The van der Waals surface area contributed by atoms with Gasteiger partial charge in [-0.2, -0.15) is 0 Å². The van der Waals surface area contributed by atoms with Crippen molar-refractivity contribution in [3.63, 3.8) is 0 Å². The Kier molecular flexibility index (Phi) is 5.70. The molecule has 0 spiro atoms. The van der Waals surface area contributed by atoms with Gasteiger partial charge >= 0.3 is 0 Å². The quantitative estimate of drug-likeness (QED) is 0.674. The van der Waals surface area contributed by atoms with Crippen molar-refractivity contribution in [1.82, 2.24) is 0 Å². The number of phenolic OH excluding ortho intramolecular Hbond substituents is 1. The highest BCUT2D eigenvalue weighted by molar-refractivity contribution is 6.02. The highest BCUT2D eigenvalue weighted by Gasteiger charge is 2.31. The van der Waals surface area contributed by atoms with Crippen molar-refractivity contribution in [3.8, 4) is 5.75 Å². The van der Waals surface area contributed by atoms with E-state index < -0.39 is 0 Å². The highest BCUT2D eigenvalue weighted by atomic mass is 16.5. The minimum absolute atomic E-state index is 0.0777. The monoisotopic (exact) mass is 375 g/mol. The van der Waals surface area contributed by atoms with Gasteiger partial charge in [0, 0.05) is 17.3 Å². The minimum atomic E-state index is 0.0777.